The summed E-state index contributed by atoms with van der Waals surface area (Å²) in [6.45, 7) is 6.35. The maximum absolute atomic E-state index is 6.95. The number of ether oxygens (including phenoxy) is 1. The molecule has 4 aromatic rings. The molecule has 0 radical (unpaired) electrons. The van der Waals surface area contributed by atoms with E-state index in [2.05, 4.69) is 83.2 Å². The quantitative estimate of drug-likeness (QED) is 0.353. The summed E-state index contributed by atoms with van der Waals surface area (Å²) in [6.07, 6.45) is 6.52. The number of hydrogen-bond acceptors (Lipinski definition) is 3. The zero-order valence-corrected chi connectivity index (χ0v) is 18.1. The molecule has 0 spiro atoms. The zero-order chi connectivity index (χ0) is 21.2. The number of benzene rings is 3. The average molecular weight is 419 g/mol. The molecule has 1 aromatic heterocycles. The van der Waals surface area contributed by atoms with Gasteiger partial charge in [0.2, 0.25) is 0 Å². The summed E-state index contributed by atoms with van der Waals surface area (Å²) in [4.78, 5) is 7.33. The Kier molecular flexibility index (Phi) is 3.98. The molecule has 158 valence electrons. The number of pyridine rings is 1. The highest BCUT2D eigenvalue weighted by atomic mass is 16.5. The van der Waals surface area contributed by atoms with Gasteiger partial charge in [-0.25, -0.2) is 0 Å². The van der Waals surface area contributed by atoms with Crippen molar-refractivity contribution in [3.63, 3.8) is 0 Å². The van der Waals surface area contributed by atoms with Gasteiger partial charge >= 0.3 is 0 Å². The van der Waals surface area contributed by atoms with E-state index in [0.29, 0.717) is 17.9 Å². The van der Waals surface area contributed by atoms with Crippen LogP contribution >= 0.6 is 0 Å². The van der Waals surface area contributed by atoms with Gasteiger partial charge in [-0.15, -0.1) is 6.58 Å². The summed E-state index contributed by atoms with van der Waals surface area (Å²) in [5, 5.41) is 3.70. The van der Waals surface area contributed by atoms with Gasteiger partial charge in [-0.3, -0.25) is 9.88 Å². The van der Waals surface area contributed by atoms with Crippen LogP contribution in [0.3, 0.4) is 0 Å². The van der Waals surface area contributed by atoms with Gasteiger partial charge in [-0.2, -0.15) is 0 Å². The molecule has 0 amide bonds. The summed E-state index contributed by atoms with van der Waals surface area (Å²) >= 11 is 0. The highest BCUT2D eigenvalue weighted by molar-refractivity contribution is 6.00. The van der Waals surface area contributed by atoms with E-state index in [-0.39, 0.29) is 6.10 Å². The molecular weight excluding hydrogens is 392 g/mol. The maximum Gasteiger partial charge on any atom is 0.140 e. The largest absolute Gasteiger partial charge is 0.484 e. The van der Waals surface area contributed by atoms with Crippen LogP contribution in [0.4, 0.5) is 0 Å². The Morgan fingerprint density at radius 3 is 2.84 bits per heavy atom. The Hall–Kier alpha value is -3.17. The summed E-state index contributed by atoms with van der Waals surface area (Å²) < 4.78 is 6.95. The van der Waals surface area contributed by atoms with Crippen LogP contribution in [0, 0.1) is 11.8 Å². The first-order valence-corrected chi connectivity index (χ1v) is 11.7. The third-order valence-electron chi connectivity index (χ3n) is 7.99. The third kappa shape index (κ3) is 2.67. The molecule has 8 rings (SSSR count). The highest BCUT2D eigenvalue weighted by Crippen LogP contribution is 2.46. The normalized spacial score (nSPS) is 28.2. The molecule has 3 saturated heterocycles. The minimum atomic E-state index is -0.0172. The number of piperidine rings is 3. The average Bonchev–Trinajstić information content (AvgIpc) is 2.90. The van der Waals surface area contributed by atoms with Crippen LogP contribution in [0.1, 0.15) is 24.5 Å². The molecule has 3 nitrogen and oxygen atoms in total. The van der Waals surface area contributed by atoms with Crippen LogP contribution in [0.5, 0.6) is 5.75 Å². The minimum Gasteiger partial charge on any atom is -0.484 e. The lowest BCUT2D eigenvalue weighted by atomic mass is 9.73. The molecule has 0 aliphatic carbocycles. The third-order valence-corrected chi connectivity index (χ3v) is 7.99. The van der Waals surface area contributed by atoms with Crippen molar-refractivity contribution >= 4 is 21.7 Å². The van der Waals surface area contributed by atoms with Crippen LogP contribution in [-0.2, 0) is 0 Å². The zero-order valence-electron chi connectivity index (χ0n) is 18.1. The number of nitrogens with zero attached hydrogens (tertiary/aromatic N) is 2. The van der Waals surface area contributed by atoms with Gasteiger partial charge in [-0.05, 0) is 83.5 Å². The van der Waals surface area contributed by atoms with Crippen LogP contribution < -0.4 is 4.74 Å². The molecule has 0 saturated carbocycles. The predicted molar refractivity (Wildman–Crippen MR) is 130 cm³/mol. The fourth-order valence-corrected chi connectivity index (χ4v) is 6.36. The van der Waals surface area contributed by atoms with Crippen LogP contribution in [0.25, 0.3) is 32.8 Å². The van der Waals surface area contributed by atoms with E-state index in [0.717, 1.165) is 30.8 Å². The topological polar surface area (TPSA) is 25.4 Å². The fourth-order valence-electron chi connectivity index (χ4n) is 6.36. The van der Waals surface area contributed by atoms with Gasteiger partial charge in [-0.1, -0.05) is 36.4 Å². The van der Waals surface area contributed by atoms with Crippen molar-refractivity contribution < 1.29 is 4.74 Å². The second-order valence-electron chi connectivity index (χ2n) is 9.61. The molecule has 6 bridgehead atoms. The van der Waals surface area contributed by atoms with Crippen molar-refractivity contribution in [1.29, 1.82) is 0 Å². The van der Waals surface area contributed by atoms with Crippen LogP contribution in [-0.4, -0.2) is 29.0 Å². The molecule has 5 heterocycles. The number of aromatic nitrogens is 1. The summed E-state index contributed by atoms with van der Waals surface area (Å²) in [6, 6.07) is 22.3. The molecule has 4 unspecified atom stereocenters. The van der Waals surface area contributed by atoms with Crippen molar-refractivity contribution in [3.8, 4) is 16.9 Å². The monoisotopic (exact) mass is 418 g/mol. The standard InChI is InChI=1S/C29H26N2O/c1-2-18-17-31-12-10-19(18)15-28(31)29-24-9-11-30-27-8-7-21(14-26(24)27)25-16-22(32-29)13-20-5-3-4-6-23(20)25/h2-9,11,13-14,16,18-19,28-29H,1,10,12,15,17H2/t18?,19?,28?,29-/m0/s1. The number of rotatable bonds is 2. The van der Waals surface area contributed by atoms with E-state index in [1.54, 1.807) is 0 Å². The van der Waals surface area contributed by atoms with E-state index in [4.69, 9.17) is 4.74 Å². The SMILES string of the molecule is C=CC1CN2CCC1CC2[C@H]1Oc2cc(c3ccccc3c2)-c2ccc3nccc1c3c2. The molecule has 3 fully saturated rings. The molecule has 5 atom stereocenters. The van der Waals surface area contributed by atoms with E-state index in [1.165, 1.54) is 39.3 Å². The predicted octanol–water partition coefficient (Wildman–Crippen LogP) is 6.38. The Morgan fingerprint density at radius 1 is 1.03 bits per heavy atom. The van der Waals surface area contributed by atoms with Gasteiger partial charge in [0.05, 0.1) is 11.6 Å². The van der Waals surface area contributed by atoms with E-state index in [9.17, 15) is 0 Å². The number of hydrogen-bond donors (Lipinski definition) is 0. The highest BCUT2D eigenvalue weighted by Gasteiger charge is 2.44. The Labute approximate surface area is 188 Å². The van der Waals surface area contributed by atoms with Crippen LogP contribution in [0.2, 0.25) is 0 Å². The van der Waals surface area contributed by atoms with Crippen molar-refractivity contribution in [2.45, 2.75) is 25.0 Å². The summed E-state index contributed by atoms with van der Waals surface area (Å²) in [7, 11) is 0. The Bertz CT molecular complexity index is 1380. The van der Waals surface area contributed by atoms with Gasteiger partial charge in [0.15, 0.2) is 0 Å². The first kappa shape index (κ1) is 18.4. The Morgan fingerprint density at radius 2 is 1.97 bits per heavy atom. The Balaban J connectivity index is 1.46. The molecule has 0 N–H and O–H groups in total. The van der Waals surface area contributed by atoms with E-state index < -0.39 is 0 Å². The summed E-state index contributed by atoms with van der Waals surface area (Å²) in [5.74, 6) is 2.26. The van der Waals surface area contributed by atoms with E-state index >= 15 is 0 Å². The second kappa shape index (κ2) is 6.91. The lowest BCUT2D eigenvalue weighted by Crippen LogP contribution is -2.55. The van der Waals surface area contributed by atoms with E-state index in [1.807, 2.05) is 6.20 Å². The van der Waals surface area contributed by atoms with Gasteiger partial charge in [0.25, 0.3) is 0 Å². The van der Waals surface area contributed by atoms with Gasteiger partial charge in [0.1, 0.15) is 11.9 Å². The lowest BCUT2D eigenvalue weighted by molar-refractivity contribution is -0.0356. The van der Waals surface area contributed by atoms with Gasteiger partial charge < -0.3 is 4.74 Å². The lowest BCUT2D eigenvalue weighted by Gasteiger charge is -2.51. The molecule has 3 heteroatoms. The molecule has 3 aromatic carbocycles. The van der Waals surface area contributed by atoms with Crippen molar-refractivity contribution in [1.82, 2.24) is 9.88 Å². The van der Waals surface area contributed by atoms with Crippen molar-refractivity contribution in [2.24, 2.45) is 11.8 Å². The van der Waals surface area contributed by atoms with Gasteiger partial charge in [0, 0.05) is 23.7 Å². The van der Waals surface area contributed by atoms with Crippen molar-refractivity contribution in [3.05, 3.63) is 85.1 Å². The molecule has 4 aliphatic rings. The molecule has 32 heavy (non-hydrogen) atoms. The second-order valence-corrected chi connectivity index (χ2v) is 9.61. The van der Waals surface area contributed by atoms with Crippen LogP contribution in [0.15, 0.2) is 79.5 Å². The molecule has 4 aliphatic heterocycles. The minimum absolute atomic E-state index is 0.0172. The number of fused-ring (bicyclic) bond motifs is 9. The first-order valence-electron chi connectivity index (χ1n) is 11.7. The maximum atomic E-state index is 6.95. The first-order chi connectivity index (χ1) is 15.8. The summed E-state index contributed by atoms with van der Waals surface area (Å²) in [5.41, 5.74) is 4.76. The smallest absolute Gasteiger partial charge is 0.140 e. The molecular formula is C29H26N2O. The van der Waals surface area contributed by atoms with Crippen molar-refractivity contribution in [2.75, 3.05) is 13.1 Å². The fraction of sp³-hybridized carbons (Fsp3) is 0.276.